The van der Waals surface area contributed by atoms with Gasteiger partial charge in [0.05, 0.1) is 19.2 Å². The van der Waals surface area contributed by atoms with Gasteiger partial charge < -0.3 is 24.6 Å². The molecule has 0 aliphatic rings. The fourth-order valence-electron chi connectivity index (χ4n) is 2.29. The van der Waals surface area contributed by atoms with E-state index in [-0.39, 0.29) is 22.1 Å². The maximum absolute atomic E-state index is 12.4. The summed E-state index contributed by atoms with van der Waals surface area (Å²) in [5, 5.41) is 20.8. The van der Waals surface area contributed by atoms with Crippen molar-refractivity contribution in [2.24, 2.45) is 0 Å². The van der Waals surface area contributed by atoms with E-state index in [0.717, 1.165) is 0 Å². The van der Waals surface area contributed by atoms with Gasteiger partial charge in [-0.15, -0.1) is 0 Å². The molecule has 0 bridgehead atoms. The Balaban J connectivity index is 2.26. The van der Waals surface area contributed by atoms with E-state index >= 15 is 0 Å². The van der Waals surface area contributed by atoms with E-state index < -0.39 is 18.5 Å². The van der Waals surface area contributed by atoms with Crippen LogP contribution in [0.15, 0.2) is 42.0 Å². The molecule has 150 valence electrons. The van der Waals surface area contributed by atoms with Crippen molar-refractivity contribution < 1.29 is 28.9 Å². The molecule has 0 aromatic heterocycles. The van der Waals surface area contributed by atoms with Gasteiger partial charge in [-0.2, -0.15) is 5.26 Å². The summed E-state index contributed by atoms with van der Waals surface area (Å²) in [7, 11) is 2.88. The standard InChI is InChI=1S/C20H17ClN2O6/c1-27-15-5-3-14(4-6-15)23-20(26)13(10-22)7-12-8-16(21)19(17(9-12)28-2)29-11-18(24)25/h3-9H,11H2,1-2H3,(H,23,26)(H,24,25)/b13-7+. The largest absolute Gasteiger partial charge is 0.497 e. The minimum atomic E-state index is -1.17. The van der Waals surface area contributed by atoms with Gasteiger partial charge in [0.2, 0.25) is 0 Å². The number of carboxylic acid groups (broad SMARTS) is 1. The summed E-state index contributed by atoms with van der Waals surface area (Å²) in [5.74, 6) is -0.938. The summed E-state index contributed by atoms with van der Waals surface area (Å²) < 4.78 is 15.3. The second-order valence-corrected chi connectivity index (χ2v) is 5.98. The van der Waals surface area contributed by atoms with Crippen molar-refractivity contribution in [1.29, 1.82) is 5.26 Å². The van der Waals surface area contributed by atoms with Gasteiger partial charge in [0.15, 0.2) is 18.1 Å². The first-order valence-corrected chi connectivity index (χ1v) is 8.55. The summed E-state index contributed by atoms with van der Waals surface area (Å²) in [6, 6.07) is 11.4. The first-order chi connectivity index (χ1) is 13.9. The number of anilines is 1. The molecule has 9 heteroatoms. The third-order valence-corrected chi connectivity index (χ3v) is 3.90. The average Bonchev–Trinajstić information content (AvgIpc) is 2.71. The van der Waals surface area contributed by atoms with Crippen LogP contribution in [0, 0.1) is 11.3 Å². The lowest BCUT2D eigenvalue weighted by Crippen LogP contribution is -2.13. The zero-order valence-electron chi connectivity index (χ0n) is 15.6. The number of hydrogen-bond acceptors (Lipinski definition) is 6. The SMILES string of the molecule is COc1ccc(NC(=O)/C(C#N)=C/c2cc(Cl)c(OCC(=O)O)c(OC)c2)cc1. The molecular weight excluding hydrogens is 400 g/mol. The molecule has 0 atom stereocenters. The number of nitrogens with one attached hydrogen (secondary N) is 1. The first-order valence-electron chi connectivity index (χ1n) is 8.17. The Labute approximate surface area is 171 Å². The highest BCUT2D eigenvalue weighted by atomic mass is 35.5. The normalized spacial score (nSPS) is 10.6. The van der Waals surface area contributed by atoms with Gasteiger partial charge in [-0.25, -0.2) is 4.79 Å². The number of rotatable bonds is 8. The third-order valence-electron chi connectivity index (χ3n) is 3.62. The summed E-state index contributed by atoms with van der Waals surface area (Å²) in [6.45, 7) is -0.598. The highest BCUT2D eigenvalue weighted by Gasteiger charge is 2.15. The fraction of sp³-hybridized carbons (Fsp3) is 0.150. The maximum atomic E-state index is 12.4. The molecule has 0 fully saturated rings. The minimum Gasteiger partial charge on any atom is -0.497 e. The van der Waals surface area contributed by atoms with Gasteiger partial charge in [0, 0.05) is 5.69 Å². The molecule has 2 rings (SSSR count). The van der Waals surface area contributed by atoms with Crippen LogP contribution < -0.4 is 19.5 Å². The Bertz CT molecular complexity index is 980. The van der Waals surface area contributed by atoms with Gasteiger partial charge in [0.25, 0.3) is 5.91 Å². The van der Waals surface area contributed by atoms with E-state index in [9.17, 15) is 14.9 Å². The summed E-state index contributed by atoms with van der Waals surface area (Å²) >= 11 is 6.14. The smallest absolute Gasteiger partial charge is 0.341 e. The van der Waals surface area contributed by atoms with Crippen LogP contribution in [0.2, 0.25) is 5.02 Å². The Kier molecular flexibility index (Phi) is 7.46. The molecule has 2 aromatic rings. The molecule has 0 saturated carbocycles. The lowest BCUT2D eigenvalue weighted by Gasteiger charge is -2.12. The summed E-state index contributed by atoms with van der Waals surface area (Å²) in [4.78, 5) is 23.1. The predicted octanol–water partition coefficient (Wildman–Crippen LogP) is 3.37. The molecule has 0 heterocycles. The van der Waals surface area contributed by atoms with Crippen LogP contribution in [0.4, 0.5) is 5.69 Å². The maximum Gasteiger partial charge on any atom is 0.341 e. The molecule has 0 unspecified atom stereocenters. The summed E-state index contributed by atoms with van der Waals surface area (Å²) in [5.41, 5.74) is 0.721. The van der Waals surface area contributed by atoms with Gasteiger partial charge in [-0.1, -0.05) is 11.6 Å². The van der Waals surface area contributed by atoms with E-state index in [1.165, 1.54) is 32.4 Å². The molecule has 0 aliphatic heterocycles. The summed E-state index contributed by atoms with van der Waals surface area (Å²) in [6.07, 6.45) is 1.33. The number of hydrogen-bond donors (Lipinski definition) is 2. The monoisotopic (exact) mass is 416 g/mol. The molecule has 1 amide bonds. The number of ether oxygens (including phenoxy) is 3. The molecule has 29 heavy (non-hydrogen) atoms. The number of amides is 1. The molecular formula is C20H17ClN2O6. The van der Waals surface area contributed by atoms with Gasteiger partial charge in [-0.3, -0.25) is 4.79 Å². The van der Waals surface area contributed by atoms with E-state index in [1.54, 1.807) is 24.3 Å². The zero-order valence-corrected chi connectivity index (χ0v) is 16.3. The average molecular weight is 417 g/mol. The quantitative estimate of drug-likeness (QED) is 0.500. The van der Waals surface area contributed by atoms with Crippen molar-refractivity contribution in [3.05, 3.63) is 52.6 Å². The fourth-order valence-corrected chi connectivity index (χ4v) is 2.56. The van der Waals surface area contributed by atoms with Crippen molar-refractivity contribution in [2.75, 3.05) is 26.1 Å². The Morgan fingerprint density at radius 1 is 1.21 bits per heavy atom. The van der Waals surface area contributed by atoms with Crippen LogP contribution in [-0.2, 0) is 9.59 Å². The Hall–Kier alpha value is -3.70. The number of carboxylic acids is 1. The van der Waals surface area contributed by atoms with Crippen molar-refractivity contribution in [3.8, 4) is 23.3 Å². The lowest BCUT2D eigenvalue weighted by atomic mass is 10.1. The van der Waals surface area contributed by atoms with Crippen molar-refractivity contribution in [2.45, 2.75) is 0 Å². The highest BCUT2D eigenvalue weighted by Crippen LogP contribution is 2.37. The van der Waals surface area contributed by atoms with Crippen LogP contribution in [0.3, 0.4) is 0 Å². The van der Waals surface area contributed by atoms with E-state index in [4.69, 9.17) is 30.9 Å². The van der Waals surface area contributed by atoms with Crippen LogP contribution in [0.25, 0.3) is 6.08 Å². The molecule has 0 aliphatic carbocycles. The molecule has 2 aromatic carbocycles. The van der Waals surface area contributed by atoms with Crippen molar-refractivity contribution in [1.82, 2.24) is 0 Å². The number of methoxy groups -OCH3 is 2. The van der Waals surface area contributed by atoms with Gasteiger partial charge in [-0.05, 0) is 48.0 Å². The number of nitrogens with zero attached hydrogens (tertiary/aromatic N) is 1. The topological polar surface area (TPSA) is 118 Å². The Morgan fingerprint density at radius 3 is 2.45 bits per heavy atom. The number of carbonyl (C=O) groups is 2. The highest BCUT2D eigenvalue weighted by molar-refractivity contribution is 6.32. The Morgan fingerprint density at radius 2 is 1.90 bits per heavy atom. The lowest BCUT2D eigenvalue weighted by molar-refractivity contribution is -0.139. The molecule has 2 N–H and O–H groups in total. The third kappa shape index (κ3) is 5.89. The number of aliphatic carboxylic acids is 1. The van der Waals surface area contributed by atoms with Crippen LogP contribution in [0.1, 0.15) is 5.56 Å². The van der Waals surface area contributed by atoms with Crippen LogP contribution in [-0.4, -0.2) is 37.8 Å². The molecule has 8 nitrogen and oxygen atoms in total. The van der Waals surface area contributed by atoms with Crippen LogP contribution >= 0.6 is 11.6 Å². The van der Waals surface area contributed by atoms with Gasteiger partial charge >= 0.3 is 5.97 Å². The van der Waals surface area contributed by atoms with E-state index in [2.05, 4.69) is 5.32 Å². The number of nitriles is 1. The molecule has 0 saturated heterocycles. The van der Waals surface area contributed by atoms with Gasteiger partial charge in [0.1, 0.15) is 17.4 Å². The first kappa shape index (κ1) is 21.6. The zero-order chi connectivity index (χ0) is 21.4. The van der Waals surface area contributed by atoms with E-state index in [1.807, 2.05) is 6.07 Å². The second kappa shape index (κ2) is 10.0. The number of benzene rings is 2. The van der Waals surface area contributed by atoms with Crippen LogP contribution in [0.5, 0.6) is 17.2 Å². The second-order valence-electron chi connectivity index (χ2n) is 5.57. The van der Waals surface area contributed by atoms with Crippen molar-refractivity contribution >= 4 is 35.2 Å². The molecule has 0 radical (unpaired) electrons. The minimum absolute atomic E-state index is 0.0508. The van der Waals surface area contributed by atoms with E-state index in [0.29, 0.717) is 17.0 Å². The number of carbonyl (C=O) groups excluding carboxylic acids is 1. The van der Waals surface area contributed by atoms with Crippen molar-refractivity contribution in [3.63, 3.8) is 0 Å². The molecule has 0 spiro atoms. The number of halogens is 1. The predicted molar refractivity (Wildman–Crippen MR) is 106 cm³/mol.